The molecule has 0 radical (unpaired) electrons. The van der Waals surface area contributed by atoms with E-state index in [9.17, 15) is 9.59 Å². The first-order valence-corrected chi connectivity index (χ1v) is 12.2. The van der Waals surface area contributed by atoms with Gasteiger partial charge in [-0.2, -0.15) is 0 Å². The zero-order chi connectivity index (χ0) is 23.5. The Labute approximate surface area is 200 Å². The van der Waals surface area contributed by atoms with E-state index in [0.717, 1.165) is 17.4 Å². The Morgan fingerprint density at radius 1 is 0.971 bits per heavy atom. The molecule has 0 spiro atoms. The van der Waals surface area contributed by atoms with Crippen molar-refractivity contribution >= 4 is 22.8 Å². The van der Waals surface area contributed by atoms with Crippen molar-refractivity contribution in [3.63, 3.8) is 0 Å². The van der Waals surface area contributed by atoms with Crippen molar-refractivity contribution in [2.45, 2.75) is 26.2 Å². The minimum atomic E-state index is -0.451. The molecule has 2 saturated heterocycles. The molecule has 34 heavy (non-hydrogen) atoms. The minimum absolute atomic E-state index is 0.0479. The van der Waals surface area contributed by atoms with Crippen LogP contribution in [0.2, 0.25) is 0 Å². The number of rotatable bonds is 4. The van der Waals surface area contributed by atoms with Gasteiger partial charge in [0.25, 0.3) is 5.91 Å². The van der Waals surface area contributed by atoms with Crippen molar-refractivity contribution in [2.75, 3.05) is 39.4 Å². The molecular formula is C28H32N2O4. The van der Waals surface area contributed by atoms with E-state index in [2.05, 4.69) is 13.0 Å². The molecule has 0 saturated carbocycles. The van der Waals surface area contributed by atoms with Gasteiger partial charge in [-0.25, -0.2) is 0 Å². The van der Waals surface area contributed by atoms with Crippen LogP contribution in [0, 0.1) is 11.3 Å². The summed E-state index contributed by atoms with van der Waals surface area (Å²) >= 11 is 0. The standard InChI is InChI=1S/C28H32N2O4/c1-28(11-13-29(14-12-28)26(31)22-6-3-2-4-7-22)27(32)30-15-17-33-20-21(19-30)18-23-8-5-9-25-24(23)10-16-34-25/h2-10,16,21H,11-15,17-20H2,1H3/t21-/m1/s1. The number of fused-ring (bicyclic) bond motifs is 1. The third-order valence-corrected chi connectivity index (χ3v) is 7.41. The lowest BCUT2D eigenvalue weighted by molar-refractivity contribution is -0.144. The molecule has 3 aromatic rings. The molecule has 2 aromatic carbocycles. The maximum absolute atomic E-state index is 13.7. The van der Waals surface area contributed by atoms with Gasteiger partial charge in [-0.15, -0.1) is 0 Å². The molecule has 2 aliphatic heterocycles. The number of hydrogen-bond acceptors (Lipinski definition) is 4. The van der Waals surface area contributed by atoms with E-state index in [1.54, 1.807) is 6.26 Å². The smallest absolute Gasteiger partial charge is 0.253 e. The molecule has 0 bridgehead atoms. The Kier molecular flexibility index (Phi) is 6.42. The fourth-order valence-electron chi connectivity index (χ4n) is 5.30. The quantitative estimate of drug-likeness (QED) is 0.579. The van der Waals surface area contributed by atoms with E-state index in [4.69, 9.17) is 9.15 Å². The summed E-state index contributed by atoms with van der Waals surface area (Å²) in [6, 6.07) is 17.5. The number of amides is 2. The van der Waals surface area contributed by atoms with E-state index >= 15 is 0 Å². The monoisotopic (exact) mass is 460 g/mol. The molecule has 0 unspecified atom stereocenters. The van der Waals surface area contributed by atoms with Crippen molar-refractivity contribution in [3.05, 3.63) is 72.0 Å². The SMILES string of the molecule is CC1(C(=O)N2CCOC[C@H](Cc3cccc4occc34)C2)CCN(C(=O)c2ccccc2)CC1. The summed E-state index contributed by atoms with van der Waals surface area (Å²) < 4.78 is 11.5. The minimum Gasteiger partial charge on any atom is -0.464 e. The molecule has 0 aliphatic carbocycles. The lowest BCUT2D eigenvalue weighted by atomic mass is 9.78. The highest BCUT2D eigenvalue weighted by Gasteiger charge is 2.41. The number of furan rings is 1. The maximum Gasteiger partial charge on any atom is 0.253 e. The number of benzene rings is 2. The Bertz CT molecular complexity index is 1150. The average molecular weight is 461 g/mol. The van der Waals surface area contributed by atoms with E-state index < -0.39 is 5.41 Å². The van der Waals surface area contributed by atoms with Crippen LogP contribution in [-0.4, -0.2) is 61.0 Å². The summed E-state index contributed by atoms with van der Waals surface area (Å²) in [6.07, 6.45) is 3.93. The predicted octanol–water partition coefficient (Wildman–Crippen LogP) is 4.39. The van der Waals surface area contributed by atoms with Crippen LogP contribution in [0.4, 0.5) is 0 Å². The molecule has 2 fully saturated rings. The summed E-state index contributed by atoms with van der Waals surface area (Å²) in [5.74, 6) is 0.471. The molecule has 2 amide bonds. The Morgan fingerprint density at radius 3 is 2.56 bits per heavy atom. The molecule has 3 heterocycles. The number of likely N-dealkylation sites (tertiary alicyclic amines) is 1. The molecule has 1 aromatic heterocycles. The second-order valence-corrected chi connectivity index (χ2v) is 9.86. The van der Waals surface area contributed by atoms with Crippen molar-refractivity contribution in [2.24, 2.45) is 11.3 Å². The topological polar surface area (TPSA) is 63.0 Å². The summed E-state index contributed by atoms with van der Waals surface area (Å²) in [5, 5.41) is 1.13. The van der Waals surface area contributed by atoms with Gasteiger partial charge in [0.05, 0.1) is 19.5 Å². The normalized spacial score (nSPS) is 20.8. The number of hydrogen-bond donors (Lipinski definition) is 0. The molecule has 178 valence electrons. The largest absolute Gasteiger partial charge is 0.464 e. The van der Waals surface area contributed by atoms with Crippen molar-refractivity contribution < 1.29 is 18.7 Å². The number of carbonyl (C=O) groups is 2. The van der Waals surface area contributed by atoms with Gasteiger partial charge in [-0.05, 0) is 49.1 Å². The van der Waals surface area contributed by atoms with E-state index in [0.29, 0.717) is 57.8 Å². The highest BCUT2D eigenvalue weighted by atomic mass is 16.5. The summed E-state index contributed by atoms with van der Waals surface area (Å²) in [7, 11) is 0. The first kappa shape index (κ1) is 22.7. The van der Waals surface area contributed by atoms with E-state index in [-0.39, 0.29) is 17.7 Å². The van der Waals surface area contributed by atoms with Gasteiger partial charge in [-0.3, -0.25) is 9.59 Å². The molecule has 6 heteroatoms. The van der Waals surface area contributed by atoms with Crippen LogP contribution >= 0.6 is 0 Å². The third kappa shape index (κ3) is 4.60. The van der Waals surface area contributed by atoms with Gasteiger partial charge >= 0.3 is 0 Å². The van der Waals surface area contributed by atoms with Gasteiger partial charge in [0.2, 0.25) is 5.91 Å². The molecular weight excluding hydrogens is 428 g/mol. The van der Waals surface area contributed by atoms with E-state index in [1.165, 1.54) is 5.56 Å². The lowest BCUT2D eigenvalue weighted by Gasteiger charge is -2.41. The number of carbonyl (C=O) groups excluding carboxylic acids is 2. The van der Waals surface area contributed by atoms with Crippen LogP contribution in [-0.2, 0) is 16.0 Å². The summed E-state index contributed by atoms with van der Waals surface area (Å²) in [5.41, 5.74) is 2.38. The van der Waals surface area contributed by atoms with Crippen LogP contribution in [0.5, 0.6) is 0 Å². The van der Waals surface area contributed by atoms with Crippen LogP contribution < -0.4 is 0 Å². The fraction of sp³-hybridized carbons (Fsp3) is 0.429. The second kappa shape index (κ2) is 9.63. The highest BCUT2D eigenvalue weighted by Crippen LogP contribution is 2.34. The molecule has 5 rings (SSSR count). The zero-order valence-corrected chi connectivity index (χ0v) is 19.7. The van der Waals surface area contributed by atoms with E-state index in [1.807, 2.05) is 58.3 Å². The first-order valence-electron chi connectivity index (χ1n) is 12.2. The summed E-state index contributed by atoms with van der Waals surface area (Å²) in [6.45, 7) is 5.79. The van der Waals surface area contributed by atoms with Gasteiger partial charge in [0.1, 0.15) is 5.58 Å². The highest BCUT2D eigenvalue weighted by molar-refractivity contribution is 5.94. The van der Waals surface area contributed by atoms with Gasteiger partial charge in [-0.1, -0.05) is 37.3 Å². The first-order chi connectivity index (χ1) is 16.5. The van der Waals surface area contributed by atoms with Crippen LogP contribution in [0.1, 0.15) is 35.7 Å². The Hall–Kier alpha value is -3.12. The molecule has 1 atom stereocenters. The third-order valence-electron chi connectivity index (χ3n) is 7.41. The van der Waals surface area contributed by atoms with Crippen molar-refractivity contribution in [3.8, 4) is 0 Å². The maximum atomic E-state index is 13.7. The van der Waals surface area contributed by atoms with Gasteiger partial charge in [0.15, 0.2) is 0 Å². The second-order valence-electron chi connectivity index (χ2n) is 9.86. The number of ether oxygens (including phenoxy) is 1. The molecule has 0 N–H and O–H groups in total. The van der Waals surface area contributed by atoms with Gasteiger partial charge in [0, 0.05) is 48.5 Å². The van der Waals surface area contributed by atoms with Crippen LogP contribution in [0.15, 0.2) is 65.3 Å². The zero-order valence-electron chi connectivity index (χ0n) is 19.7. The Morgan fingerprint density at radius 2 is 1.76 bits per heavy atom. The molecule has 6 nitrogen and oxygen atoms in total. The lowest BCUT2D eigenvalue weighted by Crippen LogP contribution is -2.51. The predicted molar refractivity (Wildman–Crippen MR) is 130 cm³/mol. The molecule has 2 aliphatic rings. The van der Waals surface area contributed by atoms with Crippen LogP contribution in [0.3, 0.4) is 0 Å². The number of nitrogens with zero attached hydrogens (tertiary/aromatic N) is 2. The summed E-state index contributed by atoms with van der Waals surface area (Å²) in [4.78, 5) is 30.4. The average Bonchev–Trinajstić information content (AvgIpc) is 3.24. The number of piperidine rings is 1. The van der Waals surface area contributed by atoms with Crippen LogP contribution in [0.25, 0.3) is 11.0 Å². The van der Waals surface area contributed by atoms with Crippen molar-refractivity contribution in [1.82, 2.24) is 9.80 Å². The van der Waals surface area contributed by atoms with Crippen molar-refractivity contribution in [1.29, 1.82) is 0 Å². The van der Waals surface area contributed by atoms with Gasteiger partial charge < -0.3 is 19.0 Å². The fourth-order valence-corrected chi connectivity index (χ4v) is 5.30. The Balaban J connectivity index is 1.23.